The number of rotatable bonds is 0. The summed E-state index contributed by atoms with van der Waals surface area (Å²) in [6, 6.07) is 0. The number of nitrogens with zero attached hydrogens (tertiary/aromatic N) is 1. The zero-order valence-corrected chi connectivity index (χ0v) is 7.25. The van der Waals surface area contributed by atoms with E-state index in [2.05, 4.69) is 0 Å². The summed E-state index contributed by atoms with van der Waals surface area (Å²) in [6.45, 7) is 0. The van der Waals surface area contributed by atoms with E-state index in [0.717, 1.165) is 0 Å². The van der Waals surface area contributed by atoms with E-state index in [9.17, 15) is 10.0 Å². The van der Waals surface area contributed by atoms with E-state index in [4.69, 9.17) is 5.21 Å². The Labute approximate surface area is 84.6 Å². The van der Waals surface area contributed by atoms with Crippen LogP contribution in [0.4, 0.5) is 0 Å². The van der Waals surface area contributed by atoms with Crippen molar-refractivity contribution in [1.82, 2.24) is 0 Å². The third kappa shape index (κ3) is 3.81. The summed E-state index contributed by atoms with van der Waals surface area (Å²) in [5, 5.41) is 18.3. The molecule has 0 aromatic rings. The fourth-order valence-corrected chi connectivity index (χ4v) is 1.03. The molecule has 1 N–H and O–H groups in total. The topological polar surface area (TPSA) is 63.4 Å². The van der Waals surface area contributed by atoms with E-state index < -0.39 is 0 Å². The molecule has 0 aliphatic heterocycles. The van der Waals surface area contributed by atoms with Crippen molar-refractivity contribution < 1.29 is 33.1 Å². The van der Waals surface area contributed by atoms with Gasteiger partial charge in [-0.05, 0) is 28.6 Å². The van der Waals surface area contributed by atoms with Crippen molar-refractivity contribution in [3.63, 3.8) is 0 Å². The van der Waals surface area contributed by atoms with Crippen molar-refractivity contribution in [3.05, 3.63) is 29.5 Å². The van der Waals surface area contributed by atoms with Crippen LogP contribution in [0.3, 0.4) is 0 Å². The maximum absolute atomic E-state index is 10.5. The molecule has 0 aromatic heterocycles. The quantitative estimate of drug-likeness (QED) is 0.244. The van der Waals surface area contributed by atoms with E-state index in [1.807, 2.05) is 0 Å². The van der Waals surface area contributed by atoms with Crippen LogP contribution in [-0.4, -0.2) is 20.1 Å². The summed E-state index contributed by atoms with van der Waals surface area (Å²) in [6.07, 6.45) is 5.58. The van der Waals surface area contributed by atoms with Crippen molar-refractivity contribution in [3.8, 4) is 0 Å². The zero-order valence-electron chi connectivity index (χ0n) is 6.43. The van der Waals surface area contributed by atoms with Crippen LogP contribution in [0.25, 0.3) is 0 Å². The van der Waals surface area contributed by atoms with E-state index in [0.29, 0.717) is 16.0 Å². The molecule has 0 fully saturated rings. The zero-order chi connectivity index (χ0) is 8.27. The number of hydrogen-bond acceptors (Lipinski definition) is 2. The van der Waals surface area contributed by atoms with E-state index >= 15 is 0 Å². The van der Waals surface area contributed by atoms with Crippen LogP contribution in [0.1, 0.15) is 0 Å². The average molecular weight is 178 g/mol. The molecule has 1 aliphatic rings. The Bertz CT molecular complexity index is 293. The Morgan fingerprint density at radius 2 is 1.83 bits per heavy atom. The average Bonchev–Trinajstić information content (AvgIpc) is 1.93. The van der Waals surface area contributed by atoms with Gasteiger partial charge in [0, 0.05) is 0 Å². The molecule has 4 nitrogen and oxygen atoms in total. The SMILES string of the molecule is O=C1C=CC(=S=[N+]([O-])O)C=C1.[Li+]. The second-order valence-corrected chi connectivity index (χ2v) is 2.77. The van der Waals surface area contributed by atoms with Gasteiger partial charge in [-0.2, -0.15) is 0 Å². The molecule has 0 unspecified atom stereocenters. The Morgan fingerprint density at radius 1 is 1.33 bits per heavy atom. The summed E-state index contributed by atoms with van der Waals surface area (Å²) in [4.78, 5) is 11.1. The van der Waals surface area contributed by atoms with Gasteiger partial charge in [0.15, 0.2) is 16.9 Å². The standard InChI is InChI=1S/C6H5NO3S.Li/c8-5-1-3-6(4-2-5)11-7(9)10;/h1-4H,(H,9,10);/q;+1. The van der Waals surface area contributed by atoms with E-state index in [1.54, 1.807) is 0 Å². The van der Waals surface area contributed by atoms with Crippen LogP contribution in [-0.2, 0) is 15.9 Å². The molecule has 0 bridgehead atoms. The predicted molar refractivity (Wildman–Crippen MR) is 41.1 cm³/mol. The first-order valence-corrected chi connectivity index (χ1v) is 3.57. The predicted octanol–water partition coefficient (Wildman–Crippen LogP) is -2.98. The molecule has 58 valence electrons. The van der Waals surface area contributed by atoms with Crippen LogP contribution in [0.5, 0.6) is 0 Å². The first kappa shape index (κ1) is 11.6. The Morgan fingerprint density at radius 3 is 2.25 bits per heavy atom. The molecular weight excluding hydrogens is 173 g/mol. The fourth-order valence-electron chi connectivity index (χ4n) is 0.591. The molecule has 6 heteroatoms. The molecule has 0 atom stereocenters. The van der Waals surface area contributed by atoms with E-state index in [-0.39, 0.29) is 28.9 Å². The van der Waals surface area contributed by atoms with Crippen molar-refractivity contribution in [2.45, 2.75) is 0 Å². The minimum atomic E-state index is -0.264. The van der Waals surface area contributed by atoms with Crippen molar-refractivity contribution in [2.75, 3.05) is 0 Å². The Hall–Kier alpha value is -0.443. The van der Waals surface area contributed by atoms with Crippen LogP contribution in [0.2, 0.25) is 0 Å². The van der Waals surface area contributed by atoms with Gasteiger partial charge in [-0.15, -0.1) is 5.21 Å². The van der Waals surface area contributed by atoms with Gasteiger partial charge in [0.1, 0.15) is 0 Å². The summed E-state index contributed by atoms with van der Waals surface area (Å²) in [5.74, 6) is -0.121. The molecule has 0 spiro atoms. The van der Waals surface area contributed by atoms with Gasteiger partial charge >= 0.3 is 18.9 Å². The molecule has 1 aliphatic carbocycles. The number of hydrogen-bond donors (Lipinski definition) is 1. The van der Waals surface area contributed by atoms with Crippen LogP contribution >= 0.6 is 0 Å². The molecule has 1 rings (SSSR count). The normalized spacial score (nSPS) is 14.2. The number of carbonyl (C=O) groups is 1. The molecule has 0 amide bonds. The number of allylic oxidation sites excluding steroid dienone is 4. The third-order valence-electron chi connectivity index (χ3n) is 1.01. The molecule has 0 saturated heterocycles. The van der Waals surface area contributed by atoms with Crippen molar-refractivity contribution in [2.24, 2.45) is 0 Å². The second kappa shape index (κ2) is 5.25. The monoisotopic (exact) mass is 178 g/mol. The first-order chi connectivity index (χ1) is 5.18. The largest absolute Gasteiger partial charge is 1.00 e. The van der Waals surface area contributed by atoms with Gasteiger partial charge in [-0.3, -0.25) is 4.79 Å². The first-order valence-electron chi connectivity index (χ1n) is 2.79. The molecule has 12 heavy (non-hydrogen) atoms. The van der Waals surface area contributed by atoms with Gasteiger partial charge in [0.2, 0.25) is 0 Å². The van der Waals surface area contributed by atoms with Gasteiger partial charge in [0.25, 0.3) is 0 Å². The van der Waals surface area contributed by atoms with Crippen LogP contribution < -0.4 is 18.9 Å². The van der Waals surface area contributed by atoms with Crippen LogP contribution in [0.15, 0.2) is 24.3 Å². The van der Waals surface area contributed by atoms with Gasteiger partial charge in [0.05, 0.1) is 4.86 Å². The summed E-state index contributed by atoms with van der Waals surface area (Å²) < 4.78 is -0.264. The van der Waals surface area contributed by atoms with E-state index in [1.165, 1.54) is 24.3 Å². The fraction of sp³-hybridized carbons (Fsp3) is 0. The Kier molecular flexibility index (Phi) is 5.05. The number of carbonyl (C=O) groups excluding carboxylic acids is 1. The van der Waals surface area contributed by atoms with Gasteiger partial charge < -0.3 is 5.21 Å². The molecule has 0 saturated carbocycles. The third-order valence-corrected chi connectivity index (χ3v) is 1.65. The van der Waals surface area contributed by atoms with Gasteiger partial charge in [-0.1, -0.05) is 0 Å². The molecule has 0 radical (unpaired) electrons. The minimum Gasteiger partial charge on any atom is -0.500 e. The Balaban J connectivity index is 0.00000121. The number of ketones is 1. The van der Waals surface area contributed by atoms with Crippen molar-refractivity contribution >= 4 is 21.8 Å². The smallest absolute Gasteiger partial charge is 0.500 e. The molecule has 0 aromatic carbocycles. The van der Waals surface area contributed by atoms with Gasteiger partial charge in [-0.25, -0.2) is 0 Å². The maximum atomic E-state index is 10.5. The minimum absolute atomic E-state index is 0. The maximum Gasteiger partial charge on any atom is 1.00 e. The summed E-state index contributed by atoms with van der Waals surface area (Å²) in [5.41, 5.74) is 0. The van der Waals surface area contributed by atoms with Crippen LogP contribution in [0, 0.1) is 5.21 Å². The second-order valence-electron chi connectivity index (χ2n) is 1.80. The molecule has 0 heterocycles. The summed E-state index contributed by atoms with van der Waals surface area (Å²) in [7, 11) is 0. The van der Waals surface area contributed by atoms with Crippen molar-refractivity contribution in [1.29, 1.82) is 0 Å². The molecular formula is C6H5LiNO3S+. The summed E-state index contributed by atoms with van der Waals surface area (Å²) >= 11 is 0.602.